The molecule has 0 aliphatic heterocycles. The van der Waals surface area contributed by atoms with Crippen molar-refractivity contribution in [1.82, 2.24) is 20.4 Å². The number of amides is 2. The van der Waals surface area contributed by atoms with E-state index in [1.807, 2.05) is 48.9 Å². The molecule has 3 rings (SSSR count). The van der Waals surface area contributed by atoms with Gasteiger partial charge in [0.25, 0.3) is 0 Å². The summed E-state index contributed by atoms with van der Waals surface area (Å²) >= 11 is 0. The quantitative estimate of drug-likeness (QED) is 0.647. The third-order valence-electron chi connectivity index (χ3n) is 4.91. The van der Waals surface area contributed by atoms with E-state index in [1.165, 1.54) is 12.1 Å². The van der Waals surface area contributed by atoms with Gasteiger partial charge in [-0.1, -0.05) is 36.4 Å². The molecule has 0 unspecified atom stereocenters. The van der Waals surface area contributed by atoms with Gasteiger partial charge in [-0.05, 0) is 32.4 Å². The summed E-state index contributed by atoms with van der Waals surface area (Å²) < 4.78 is 28.8. The molecular formula is C22H24F2N4O. The Kier molecular flexibility index (Phi) is 6.26. The zero-order valence-electron chi connectivity index (χ0n) is 16.7. The number of hydrogen-bond donors (Lipinski definition) is 2. The van der Waals surface area contributed by atoms with Crippen molar-refractivity contribution in [1.29, 1.82) is 0 Å². The van der Waals surface area contributed by atoms with Gasteiger partial charge in [0.2, 0.25) is 0 Å². The number of aromatic nitrogens is 2. The van der Waals surface area contributed by atoms with Gasteiger partial charge in [0.05, 0.1) is 18.3 Å². The third kappa shape index (κ3) is 4.99. The maximum absolute atomic E-state index is 13.9. The van der Waals surface area contributed by atoms with Crippen LogP contribution in [0.15, 0.2) is 48.5 Å². The van der Waals surface area contributed by atoms with Gasteiger partial charge in [-0.15, -0.1) is 0 Å². The molecule has 0 radical (unpaired) electrons. The lowest BCUT2D eigenvalue weighted by molar-refractivity contribution is 0.237. The summed E-state index contributed by atoms with van der Waals surface area (Å²) in [5.41, 5.74) is 4.13. The monoisotopic (exact) mass is 398 g/mol. The first-order valence-corrected chi connectivity index (χ1v) is 9.41. The Morgan fingerprint density at radius 3 is 2.55 bits per heavy atom. The van der Waals surface area contributed by atoms with Crippen LogP contribution in [-0.2, 0) is 13.1 Å². The van der Waals surface area contributed by atoms with Crippen LogP contribution in [-0.4, -0.2) is 15.8 Å². The molecule has 0 saturated heterocycles. The number of rotatable bonds is 6. The number of carbonyl (C=O) groups excluding carboxylic acids is 1. The predicted molar refractivity (Wildman–Crippen MR) is 107 cm³/mol. The number of aryl methyl sites for hydroxylation is 1. The topological polar surface area (TPSA) is 59.0 Å². The van der Waals surface area contributed by atoms with E-state index in [2.05, 4.69) is 15.7 Å². The average molecular weight is 398 g/mol. The van der Waals surface area contributed by atoms with Crippen LogP contribution >= 0.6 is 0 Å². The standard InChI is InChI=1S/C22H24F2N4O/c1-14(19-10-9-18(23)11-21(19)24)26-22(29)25-12-20-15(2)27-28(16(20)3)13-17-7-5-4-6-8-17/h4-11,14H,12-13H2,1-3H3,(H2,25,26,29)/t14-/m0/s1. The van der Waals surface area contributed by atoms with Crippen molar-refractivity contribution in [3.05, 3.63) is 88.2 Å². The molecule has 2 amide bonds. The second-order valence-corrected chi connectivity index (χ2v) is 7.01. The first-order valence-electron chi connectivity index (χ1n) is 9.41. The van der Waals surface area contributed by atoms with Crippen LogP contribution in [0, 0.1) is 25.5 Å². The molecule has 0 fully saturated rings. The maximum Gasteiger partial charge on any atom is 0.315 e. The molecule has 2 N–H and O–H groups in total. The Hall–Kier alpha value is -3.22. The normalized spacial score (nSPS) is 11.9. The predicted octanol–water partition coefficient (Wildman–Crippen LogP) is 4.39. The molecule has 0 spiro atoms. The van der Waals surface area contributed by atoms with Gasteiger partial charge in [-0.3, -0.25) is 4.68 Å². The minimum absolute atomic E-state index is 0.226. The molecule has 0 bridgehead atoms. The molecule has 0 aliphatic carbocycles. The summed E-state index contributed by atoms with van der Waals surface area (Å²) in [5.74, 6) is -1.34. The lowest BCUT2D eigenvalue weighted by atomic mass is 10.1. The zero-order chi connectivity index (χ0) is 21.0. The van der Waals surface area contributed by atoms with Crippen LogP contribution in [0.3, 0.4) is 0 Å². The number of halogens is 2. The molecule has 1 atom stereocenters. The summed E-state index contributed by atoms with van der Waals surface area (Å²) in [6, 6.07) is 12.3. The molecule has 2 aromatic carbocycles. The van der Waals surface area contributed by atoms with E-state index in [9.17, 15) is 13.6 Å². The SMILES string of the molecule is Cc1nn(Cc2ccccc2)c(C)c1CNC(=O)N[C@@H](C)c1ccc(F)cc1F. The van der Waals surface area contributed by atoms with Crippen molar-refractivity contribution in [2.45, 2.75) is 39.9 Å². The fraction of sp³-hybridized carbons (Fsp3) is 0.273. The van der Waals surface area contributed by atoms with Crippen LogP contribution in [0.1, 0.15) is 41.0 Å². The summed E-state index contributed by atoms with van der Waals surface area (Å²) in [7, 11) is 0. The van der Waals surface area contributed by atoms with E-state index in [4.69, 9.17) is 0 Å². The van der Waals surface area contributed by atoms with Gasteiger partial charge in [0.15, 0.2) is 0 Å². The highest BCUT2D eigenvalue weighted by Crippen LogP contribution is 2.18. The van der Waals surface area contributed by atoms with Gasteiger partial charge in [-0.2, -0.15) is 5.10 Å². The molecular weight excluding hydrogens is 374 g/mol. The average Bonchev–Trinajstić information content (AvgIpc) is 2.93. The van der Waals surface area contributed by atoms with Crippen molar-refractivity contribution in [3.63, 3.8) is 0 Å². The number of urea groups is 1. The largest absolute Gasteiger partial charge is 0.334 e. The minimum atomic E-state index is -0.688. The molecule has 152 valence electrons. The fourth-order valence-corrected chi connectivity index (χ4v) is 3.25. The molecule has 0 saturated carbocycles. The highest BCUT2D eigenvalue weighted by atomic mass is 19.1. The van der Waals surface area contributed by atoms with Gasteiger partial charge in [0.1, 0.15) is 11.6 Å². The number of nitrogens with zero attached hydrogens (tertiary/aromatic N) is 2. The first-order chi connectivity index (χ1) is 13.8. The molecule has 0 aliphatic rings. The summed E-state index contributed by atoms with van der Waals surface area (Å²) in [5, 5.41) is 10.0. The lowest BCUT2D eigenvalue weighted by Crippen LogP contribution is -2.37. The van der Waals surface area contributed by atoms with Crippen LogP contribution in [0.5, 0.6) is 0 Å². The molecule has 29 heavy (non-hydrogen) atoms. The van der Waals surface area contributed by atoms with E-state index in [-0.39, 0.29) is 5.56 Å². The second kappa shape index (κ2) is 8.86. The van der Waals surface area contributed by atoms with E-state index in [0.29, 0.717) is 13.1 Å². The molecule has 3 aromatic rings. The third-order valence-corrected chi connectivity index (χ3v) is 4.91. The summed E-state index contributed by atoms with van der Waals surface area (Å²) in [6.07, 6.45) is 0. The molecule has 1 heterocycles. The Morgan fingerprint density at radius 2 is 1.86 bits per heavy atom. The number of benzene rings is 2. The minimum Gasteiger partial charge on any atom is -0.334 e. The maximum atomic E-state index is 13.9. The molecule has 1 aromatic heterocycles. The molecule has 7 heteroatoms. The van der Waals surface area contributed by atoms with Crippen molar-refractivity contribution >= 4 is 6.03 Å². The van der Waals surface area contributed by atoms with Gasteiger partial charge >= 0.3 is 6.03 Å². The van der Waals surface area contributed by atoms with Gasteiger partial charge in [0, 0.05) is 29.4 Å². The lowest BCUT2D eigenvalue weighted by Gasteiger charge is -2.16. The van der Waals surface area contributed by atoms with Gasteiger partial charge in [-0.25, -0.2) is 13.6 Å². The van der Waals surface area contributed by atoms with Crippen LogP contribution in [0.2, 0.25) is 0 Å². The first kappa shape index (κ1) is 20.5. The van der Waals surface area contributed by atoms with Gasteiger partial charge < -0.3 is 10.6 Å². The Bertz CT molecular complexity index is 1000. The second-order valence-electron chi connectivity index (χ2n) is 7.01. The van der Waals surface area contributed by atoms with Crippen molar-refractivity contribution < 1.29 is 13.6 Å². The summed E-state index contributed by atoms with van der Waals surface area (Å²) in [6.45, 7) is 6.47. The number of hydrogen-bond acceptors (Lipinski definition) is 2. The Morgan fingerprint density at radius 1 is 1.14 bits per heavy atom. The van der Waals surface area contributed by atoms with Crippen molar-refractivity contribution in [2.75, 3.05) is 0 Å². The van der Waals surface area contributed by atoms with E-state index >= 15 is 0 Å². The smallest absolute Gasteiger partial charge is 0.315 e. The Labute approximate surface area is 168 Å². The van der Waals surface area contributed by atoms with Crippen molar-refractivity contribution in [3.8, 4) is 0 Å². The van der Waals surface area contributed by atoms with Crippen molar-refractivity contribution in [2.24, 2.45) is 0 Å². The fourth-order valence-electron chi connectivity index (χ4n) is 3.25. The van der Waals surface area contributed by atoms with Crippen LogP contribution < -0.4 is 10.6 Å². The highest BCUT2D eigenvalue weighted by Gasteiger charge is 2.16. The number of carbonyl (C=O) groups is 1. The molecule has 5 nitrogen and oxygen atoms in total. The highest BCUT2D eigenvalue weighted by molar-refractivity contribution is 5.74. The number of nitrogens with one attached hydrogen (secondary N) is 2. The van der Waals surface area contributed by atoms with E-state index in [0.717, 1.165) is 28.6 Å². The summed E-state index contributed by atoms with van der Waals surface area (Å²) in [4.78, 5) is 12.3. The van der Waals surface area contributed by atoms with E-state index < -0.39 is 23.7 Å². The zero-order valence-corrected chi connectivity index (χ0v) is 16.7. The van der Waals surface area contributed by atoms with E-state index in [1.54, 1.807) is 6.92 Å². The van der Waals surface area contributed by atoms with Crippen LogP contribution in [0.25, 0.3) is 0 Å². The van der Waals surface area contributed by atoms with Crippen LogP contribution in [0.4, 0.5) is 13.6 Å². The Balaban J connectivity index is 1.61.